The van der Waals surface area contributed by atoms with Crippen LogP contribution < -0.4 is 4.43 Å². The zero-order valence-electron chi connectivity index (χ0n) is 11.5. The van der Waals surface area contributed by atoms with Crippen molar-refractivity contribution in [2.45, 2.75) is 0 Å². The molecule has 0 N–H and O–H groups in total. The molecule has 0 spiro atoms. The summed E-state index contributed by atoms with van der Waals surface area (Å²) in [5.41, 5.74) is 1.02. The molecular weight excluding hydrogens is 280 g/mol. The number of hydrogen-bond acceptors (Lipinski definition) is 3. The van der Waals surface area contributed by atoms with Crippen molar-refractivity contribution in [3.63, 3.8) is 0 Å². The Morgan fingerprint density at radius 1 is 1.05 bits per heavy atom. The lowest BCUT2D eigenvalue weighted by molar-refractivity contribution is -0.464. The lowest BCUT2D eigenvalue weighted by Crippen LogP contribution is -2.22. The predicted molar refractivity (Wildman–Crippen MR) is 83.9 cm³/mol. The summed E-state index contributed by atoms with van der Waals surface area (Å²) >= 11 is 0. The number of carbonyl (C=O) groups is 1. The molecule has 1 aromatic heterocycles. The standard InChI is InChI=1S/C17H12N2O3/c20-17(11-10-13-6-2-1-3-7-13)16-12-18(21)14-8-4-5-9-15(14)19(16)22/h1-12H. The van der Waals surface area contributed by atoms with Crippen LogP contribution in [0, 0.1) is 10.1 Å². The summed E-state index contributed by atoms with van der Waals surface area (Å²) < 4.78 is 1.02. The topological polar surface area (TPSA) is 68.0 Å². The van der Waals surface area contributed by atoms with Crippen molar-refractivity contribution in [2.24, 2.45) is 0 Å². The van der Waals surface area contributed by atoms with Crippen LogP contribution in [-0.4, -0.2) is 10.5 Å². The zero-order valence-corrected chi connectivity index (χ0v) is 11.5. The fraction of sp³-hybridized carbons (Fsp3) is 0. The minimum absolute atomic E-state index is 0.163. The van der Waals surface area contributed by atoms with Gasteiger partial charge in [-0.3, -0.25) is 4.79 Å². The number of allylic oxidation sites excluding steroid dienone is 1. The molecule has 0 saturated carbocycles. The molecule has 0 aliphatic rings. The Labute approximate surface area is 125 Å². The molecule has 0 aliphatic carbocycles. The first-order chi connectivity index (χ1) is 10.7. The Bertz CT molecular complexity index is 928. The molecule has 0 amide bonds. The molecule has 3 aromatic rings. The average Bonchev–Trinajstić information content (AvgIpc) is 2.57. The molecule has 1 heterocycles. The summed E-state index contributed by atoms with van der Waals surface area (Å²) in [5, 5.41) is 12.2. The summed E-state index contributed by atoms with van der Waals surface area (Å²) in [6.45, 7) is 0. The smallest absolute Gasteiger partial charge is 0.286 e. The van der Waals surface area contributed by atoms with Gasteiger partial charge in [0, 0.05) is 11.0 Å². The van der Waals surface area contributed by atoms with Gasteiger partial charge in [0.2, 0.25) is 5.78 Å². The molecule has 3 rings (SSSR count). The first kappa shape index (κ1) is 13.8. The highest BCUT2D eigenvalue weighted by molar-refractivity contribution is 6.06. The molecule has 5 heteroatoms. The van der Waals surface area contributed by atoms with E-state index in [2.05, 4.69) is 0 Å². The summed E-state index contributed by atoms with van der Waals surface area (Å²) in [6, 6.07) is 15.6. The van der Waals surface area contributed by atoms with Gasteiger partial charge in [0.05, 0.1) is 4.43 Å². The van der Waals surface area contributed by atoms with Gasteiger partial charge in [0.1, 0.15) is 5.52 Å². The zero-order chi connectivity index (χ0) is 15.5. The fourth-order valence-corrected chi connectivity index (χ4v) is 2.17. The second kappa shape index (κ2) is 5.65. The molecule has 0 atom stereocenters. The Kier molecular flexibility index (Phi) is 3.53. The van der Waals surface area contributed by atoms with Gasteiger partial charge in [-0.05, 0) is 17.7 Å². The minimum Gasteiger partial charge on any atom is -0.805 e. The van der Waals surface area contributed by atoms with E-state index < -0.39 is 5.78 Å². The van der Waals surface area contributed by atoms with Crippen molar-refractivity contribution in [1.82, 2.24) is 4.73 Å². The third-order valence-corrected chi connectivity index (χ3v) is 3.28. The second-order valence-electron chi connectivity index (χ2n) is 4.73. The van der Waals surface area contributed by atoms with Gasteiger partial charge in [-0.25, -0.2) is 0 Å². The molecule has 5 nitrogen and oxygen atoms in total. The Balaban J connectivity index is 2.03. The van der Waals surface area contributed by atoms with Gasteiger partial charge < -0.3 is 9.94 Å². The second-order valence-corrected chi connectivity index (χ2v) is 4.73. The molecule has 2 aromatic carbocycles. The molecule has 0 unspecified atom stereocenters. The van der Waals surface area contributed by atoms with Crippen LogP contribution in [0.2, 0.25) is 0 Å². The van der Waals surface area contributed by atoms with E-state index in [4.69, 9.17) is 0 Å². The molecule has 108 valence electrons. The van der Waals surface area contributed by atoms with Crippen molar-refractivity contribution >= 4 is 22.9 Å². The van der Waals surface area contributed by atoms with Crippen LogP contribution in [0.5, 0.6) is 0 Å². The maximum absolute atomic E-state index is 12.2. The molecule has 0 fully saturated rings. The van der Waals surface area contributed by atoms with Gasteiger partial charge >= 0.3 is 0 Å². The van der Waals surface area contributed by atoms with E-state index >= 15 is 0 Å². The van der Waals surface area contributed by atoms with Crippen LogP contribution in [0.25, 0.3) is 17.1 Å². The van der Waals surface area contributed by atoms with Gasteiger partial charge in [0.15, 0.2) is 5.69 Å². The largest absolute Gasteiger partial charge is 0.805 e. The number of para-hydroxylation sites is 2. The third kappa shape index (κ3) is 2.52. The quantitative estimate of drug-likeness (QED) is 0.423. The van der Waals surface area contributed by atoms with E-state index in [1.807, 2.05) is 30.3 Å². The summed E-state index contributed by atoms with van der Waals surface area (Å²) in [4.78, 5) is 24.1. The molecular formula is C17H12N2O3. The highest BCUT2D eigenvalue weighted by Gasteiger charge is 2.15. The predicted octanol–water partition coefficient (Wildman–Crippen LogP) is 2.80. The number of benzene rings is 2. The van der Waals surface area contributed by atoms with E-state index in [1.54, 1.807) is 18.2 Å². The lowest BCUT2D eigenvalue weighted by atomic mass is 10.2. The maximum Gasteiger partial charge on any atom is 0.286 e. The number of fused-ring (bicyclic) bond motifs is 1. The van der Waals surface area contributed by atoms with Crippen molar-refractivity contribution in [3.8, 4) is 0 Å². The molecule has 0 radical (unpaired) electrons. The summed E-state index contributed by atoms with van der Waals surface area (Å²) in [6.07, 6.45) is 3.90. The van der Waals surface area contributed by atoms with Crippen molar-refractivity contribution in [2.75, 3.05) is 0 Å². The van der Waals surface area contributed by atoms with Crippen LogP contribution in [0.15, 0.2) is 66.9 Å². The normalized spacial score (nSPS) is 11.1. The Hall–Kier alpha value is -3.21. The maximum atomic E-state index is 12.2. The third-order valence-electron chi connectivity index (χ3n) is 3.28. The lowest BCUT2D eigenvalue weighted by Gasteiger charge is -2.14. The Morgan fingerprint density at radius 3 is 2.50 bits per heavy atom. The number of carbonyl (C=O) groups excluding carboxylic acids is 1. The molecule has 0 aliphatic heterocycles. The van der Waals surface area contributed by atoms with E-state index in [1.165, 1.54) is 18.2 Å². The first-order valence-corrected chi connectivity index (χ1v) is 6.69. The van der Waals surface area contributed by atoms with Crippen LogP contribution in [0.4, 0.5) is 0 Å². The number of hydrogen-bond donors (Lipinski definition) is 0. The van der Waals surface area contributed by atoms with Gasteiger partial charge in [-0.2, -0.15) is 0 Å². The van der Waals surface area contributed by atoms with E-state index in [0.717, 1.165) is 11.8 Å². The number of aromatic nitrogens is 2. The van der Waals surface area contributed by atoms with Gasteiger partial charge in [0.25, 0.3) is 11.7 Å². The highest BCUT2D eigenvalue weighted by Crippen LogP contribution is 2.12. The minimum atomic E-state index is -0.519. The Morgan fingerprint density at radius 2 is 1.73 bits per heavy atom. The van der Waals surface area contributed by atoms with Crippen LogP contribution >= 0.6 is 0 Å². The van der Waals surface area contributed by atoms with Crippen molar-refractivity contribution in [3.05, 3.63) is 88.2 Å². The number of ketones is 1. The summed E-state index contributed by atoms with van der Waals surface area (Å²) in [5.74, 6) is -0.519. The fourth-order valence-electron chi connectivity index (χ4n) is 2.17. The molecule has 0 bridgehead atoms. The molecule has 22 heavy (non-hydrogen) atoms. The van der Waals surface area contributed by atoms with Crippen LogP contribution in [0.3, 0.4) is 0 Å². The molecule has 0 saturated heterocycles. The van der Waals surface area contributed by atoms with E-state index in [9.17, 15) is 14.9 Å². The highest BCUT2D eigenvalue weighted by atomic mass is 16.5. The number of rotatable bonds is 3. The summed E-state index contributed by atoms with van der Waals surface area (Å²) in [7, 11) is 0. The van der Waals surface area contributed by atoms with Crippen molar-refractivity contribution < 1.29 is 9.22 Å². The van der Waals surface area contributed by atoms with Crippen molar-refractivity contribution in [1.29, 1.82) is 0 Å². The van der Waals surface area contributed by atoms with E-state index in [0.29, 0.717) is 9.16 Å². The van der Waals surface area contributed by atoms with Crippen LogP contribution in [-0.2, 0) is 0 Å². The van der Waals surface area contributed by atoms with E-state index in [-0.39, 0.29) is 16.7 Å². The van der Waals surface area contributed by atoms with Gasteiger partial charge in [-0.15, -0.1) is 0 Å². The number of nitrogens with zero attached hydrogens (tertiary/aromatic N) is 2. The first-order valence-electron chi connectivity index (χ1n) is 6.69. The average molecular weight is 292 g/mol. The van der Waals surface area contributed by atoms with Crippen LogP contribution in [0.1, 0.15) is 16.1 Å². The SMILES string of the molecule is O=C(C=Cc1ccccc1)c1c[n+](=O)c2ccccc2n1[O-]. The monoisotopic (exact) mass is 292 g/mol. The van der Waals surface area contributed by atoms with Gasteiger partial charge in [-0.1, -0.05) is 48.5 Å².